The van der Waals surface area contributed by atoms with Crippen LogP contribution in [0.1, 0.15) is 99.6 Å². The molecule has 2 aliphatic heterocycles. The summed E-state index contributed by atoms with van der Waals surface area (Å²) >= 11 is 0. The van der Waals surface area contributed by atoms with Crippen molar-refractivity contribution in [2.75, 3.05) is 26.2 Å². The molecule has 3 aromatic carbocycles. The van der Waals surface area contributed by atoms with Gasteiger partial charge in [-0.3, -0.25) is 9.69 Å². The molecule has 0 spiro atoms. The van der Waals surface area contributed by atoms with Crippen LogP contribution in [0.4, 0.5) is 0 Å². The Kier molecular flexibility index (Phi) is 9.11. The number of carbonyl (C=O) groups excluding carboxylic acids is 1. The minimum absolute atomic E-state index is 0.168. The molecule has 42 heavy (non-hydrogen) atoms. The van der Waals surface area contributed by atoms with Crippen molar-refractivity contribution < 1.29 is 4.79 Å². The van der Waals surface area contributed by atoms with Gasteiger partial charge in [-0.1, -0.05) is 98.8 Å². The Hall–Kier alpha value is -2.95. The molecule has 3 aromatic rings. The normalized spacial score (nSPS) is 23.7. The highest BCUT2D eigenvalue weighted by Gasteiger charge is 2.44. The lowest BCUT2D eigenvalue weighted by molar-refractivity contribution is -0.126. The van der Waals surface area contributed by atoms with Crippen LogP contribution in [-0.4, -0.2) is 47.9 Å². The minimum atomic E-state index is -0.702. The summed E-state index contributed by atoms with van der Waals surface area (Å²) < 4.78 is 0. The van der Waals surface area contributed by atoms with Crippen LogP contribution >= 0.6 is 0 Å². The molecule has 1 amide bonds. The Balaban J connectivity index is 1.12. The molecular formula is C38H49N3O. The van der Waals surface area contributed by atoms with E-state index in [0.29, 0.717) is 12.1 Å². The number of hydrogen-bond donors (Lipinski definition) is 1. The average molecular weight is 564 g/mol. The first-order valence-electron chi connectivity index (χ1n) is 16.6. The van der Waals surface area contributed by atoms with Gasteiger partial charge in [-0.2, -0.15) is 0 Å². The van der Waals surface area contributed by atoms with E-state index in [0.717, 1.165) is 55.9 Å². The van der Waals surface area contributed by atoms with Crippen molar-refractivity contribution in [1.29, 1.82) is 0 Å². The summed E-state index contributed by atoms with van der Waals surface area (Å²) in [6, 6.07) is 31.7. The molecule has 2 heterocycles. The van der Waals surface area contributed by atoms with Crippen molar-refractivity contribution in [1.82, 2.24) is 15.1 Å². The maximum Gasteiger partial charge on any atom is 0.235 e. The Labute approximate surface area is 253 Å². The van der Waals surface area contributed by atoms with E-state index in [1.807, 2.05) is 0 Å². The molecule has 3 aliphatic rings. The number of carbonyl (C=O) groups is 1. The molecule has 0 radical (unpaired) electrons. The summed E-state index contributed by atoms with van der Waals surface area (Å²) in [5.41, 5.74) is 4.65. The lowest BCUT2D eigenvalue weighted by Gasteiger charge is -2.38. The van der Waals surface area contributed by atoms with E-state index in [9.17, 15) is 4.79 Å². The van der Waals surface area contributed by atoms with Crippen molar-refractivity contribution in [2.45, 2.75) is 88.8 Å². The standard InChI is InChI=1S/C38H49N3O/c1-3-40(4-2)28-26-38(30-13-7-5-8-14-30,31-15-9-6-10-16-31)37(42)39-32-21-19-29(20-22-32)25-27-41-35-23-24-36(41)34-18-12-11-17-33(34)35/h5-18,29,32,35-36H,3-4,19-28H2,1-2H3,(H,39,42). The largest absolute Gasteiger partial charge is 0.352 e. The second kappa shape index (κ2) is 13.1. The van der Waals surface area contributed by atoms with Gasteiger partial charge in [-0.25, -0.2) is 0 Å². The lowest BCUT2D eigenvalue weighted by Crippen LogP contribution is -2.51. The number of benzene rings is 3. The lowest BCUT2D eigenvalue weighted by atomic mass is 9.70. The van der Waals surface area contributed by atoms with E-state index in [1.54, 1.807) is 11.1 Å². The first-order valence-corrected chi connectivity index (χ1v) is 16.6. The smallest absolute Gasteiger partial charge is 0.235 e. The van der Waals surface area contributed by atoms with Gasteiger partial charge in [-0.15, -0.1) is 0 Å². The van der Waals surface area contributed by atoms with Gasteiger partial charge < -0.3 is 10.2 Å². The van der Waals surface area contributed by atoms with E-state index < -0.39 is 5.41 Å². The maximum absolute atomic E-state index is 14.6. The van der Waals surface area contributed by atoms with E-state index in [2.05, 4.69) is 114 Å². The second-order valence-electron chi connectivity index (χ2n) is 12.9. The molecule has 6 rings (SSSR count). The predicted molar refractivity (Wildman–Crippen MR) is 172 cm³/mol. The molecule has 0 aromatic heterocycles. The quantitative estimate of drug-likeness (QED) is 0.246. The Morgan fingerprint density at radius 2 is 1.29 bits per heavy atom. The van der Waals surface area contributed by atoms with E-state index in [1.165, 1.54) is 38.6 Å². The fraction of sp³-hybridized carbons (Fsp3) is 0.500. The van der Waals surface area contributed by atoms with Gasteiger partial charge in [0.05, 0.1) is 0 Å². The number of fused-ring (bicyclic) bond motifs is 5. The van der Waals surface area contributed by atoms with E-state index in [4.69, 9.17) is 0 Å². The highest BCUT2D eigenvalue weighted by Crippen LogP contribution is 2.53. The van der Waals surface area contributed by atoms with Crippen LogP contribution in [0.5, 0.6) is 0 Å². The third-order valence-electron chi connectivity index (χ3n) is 10.8. The number of rotatable bonds is 12. The van der Waals surface area contributed by atoms with Crippen molar-refractivity contribution in [2.24, 2.45) is 5.92 Å². The summed E-state index contributed by atoms with van der Waals surface area (Å²) in [6.07, 6.45) is 9.28. The van der Waals surface area contributed by atoms with Crippen molar-refractivity contribution >= 4 is 5.91 Å². The zero-order chi connectivity index (χ0) is 28.9. The maximum atomic E-state index is 14.6. The third kappa shape index (κ3) is 5.68. The topological polar surface area (TPSA) is 35.6 Å². The van der Waals surface area contributed by atoms with Crippen LogP contribution in [-0.2, 0) is 10.2 Å². The second-order valence-corrected chi connectivity index (χ2v) is 12.9. The number of nitrogens with zero attached hydrogens (tertiary/aromatic N) is 2. The summed E-state index contributed by atoms with van der Waals surface area (Å²) in [4.78, 5) is 19.8. The van der Waals surface area contributed by atoms with Gasteiger partial charge in [0, 0.05) is 18.1 Å². The van der Waals surface area contributed by atoms with E-state index in [-0.39, 0.29) is 11.9 Å². The first-order chi connectivity index (χ1) is 20.6. The van der Waals surface area contributed by atoms with Gasteiger partial charge in [0.2, 0.25) is 5.91 Å². The molecule has 2 fully saturated rings. The van der Waals surface area contributed by atoms with Gasteiger partial charge in [0.25, 0.3) is 0 Å². The molecular weight excluding hydrogens is 514 g/mol. The summed E-state index contributed by atoms with van der Waals surface area (Å²) in [5, 5.41) is 3.60. The third-order valence-corrected chi connectivity index (χ3v) is 10.8. The van der Waals surface area contributed by atoms with Crippen molar-refractivity contribution in [3.05, 3.63) is 107 Å². The van der Waals surface area contributed by atoms with Crippen LogP contribution < -0.4 is 5.32 Å². The molecule has 222 valence electrons. The minimum Gasteiger partial charge on any atom is -0.352 e. The van der Waals surface area contributed by atoms with Gasteiger partial charge in [-0.05, 0) is 106 Å². The molecule has 2 unspecified atom stereocenters. The summed E-state index contributed by atoms with van der Waals surface area (Å²) in [7, 11) is 0. The highest BCUT2D eigenvalue weighted by atomic mass is 16.2. The molecule has 2 bridgehead atoms. The predicted octanol–water partition coefficient (Wildman–Crippen LogP) is 7.66. The molecule has 2 atom stereocenters. The Morgan fingerprint density at radius 1 is 0.762 bits per heavy atom. The van der Waals surface area contributed by atoms with Crippen LogP contribution in [0.3, 0.4) is 0 Å². The van der Waals surface area contributed by atoms with Crippen LogP contribution in [0.2, 0.25) is 0 Å². The van der Waals surface area contributed by atoms with Gasteiger partial charge in [0.1, 0.15) is 5.41 Å². The van der Waals surface area contributed by atoms with Gasteiger partial charge in [0.15, 0.2) is 0 Å². The number of nitrogens with one attached hydrogen (secondary N) is 1. The van der Waals surface area contributed by atoms with Crippen molar-refractivity contribution in [3.8, 4) is 0 Å². The van der Waals surface area contributed by atoms with Crippen LogP contribution in [0.25, 0.3) is 0 Å². The fourth-order valence-electron chi connectivity index (χ4n) is 8.34. The first kappa shape index (κ1) is 29.1. The molecule has 4 nitrogen and oxygen atoms in total. The Bertz CT molecular complexity index is 1230. The van der Waals surface area contributed by atoms with Gasteiger partial charge >= 0.3 is 0 Å². The average Bonchev–Trinajstić information content (AvgIpc) is 3.60. The van der Waals surface area contributed by atoms with Crippen molar-refractivity contribution in [3.63, 3.8) is 0 Å². The highest BCUT2D eigenvalue weighted by molar-refractivity contribution is 5.92. The summed E-state index contributed by atoms with van der Waals surface area (Å²) in [6.45, 7) is 8.51. The fourth-order valence-corrected chi connectivity index (χ4v) is 8.34. The molecule has 1 saturated heterocycles. The number of hydrogen-bond acceptors (Lipinski definition) is 3. The number of amides is 1. The van der Waals surface area contributed by atoms with Crippen LogP contribution in [0, 0.1) is 5.92 Å². The van der Waals surface area contributed by atoms with Crippen LogP contribution in [0.15, 0.2) is 84.9 Å². The zero-order valence-corrected chi connectivity index (χ0v) is 25.7. The SMILES string of the molecule is CCN(CC)CCC(C(=O)NC1CCC(CCN2C3CCC2c2ccccc23)CC1)(c1ccccc1)c1ccccc1. The Morgan fingerprint density at radius 3 is 1.81 bits per heavy atom. The molecule has 1 N–H and O–H groups in total. The molecule has 4 heteroatoms. The summed E-state index contributed by atoms with van der Waals surface area (Å²) in [5.74, 6) is 0.929. The molecule has 1 saturated carbocycles. The molecule has 1 aliphatic carbocycles. The zero-order valence-electron chi connectivity index (χ0n) is 25.7. The monoisotopic (exact) mass is 563 g/mol. The van der Waals surface area contributed by atoms with E-state index >= 15 is 0 Å².